The van der Waals surface area contributed by atoms with Crippen LogP contribution < -0.4 is 4.74 Å². The van der Waals surface area contributed by atoms with Crippen molar-refractivity contribution in [1.29, 1.82) is 0 Å². The molecule has 0 saturated carbocycles. The van der Waals surface area contributed by atoms with Crippen molar-refractivity contribution in [2.75, 3.05) is 12.4 Å². The van der Waals surface area contributed by atoms with Gasteiger partial charge in [-0.3, -0.25) is 4.55 Å². The van der Waals surface area contributed by atoms with Crippen LogP contribution in [0.5, 0.6) is 5.75 Å². The fourth-order valence-corrected chi connectivity index (χ4v) is 2.69. The predicted molar refractivity (Wildman–Crippen MR) is 79.4 cm³/mol. The van der Waals surface area contributed by atoms with E-state index in [-0.39, 0.29) is 5.75 Å². The zero-order valence-corrected chi connectivity index (χ0v) is 14.0. The molecule has 0 spiro atoms. The Morgan fingerprint density at radius 2 is 1.56 bits per heavy atom. The van der Waals surface area contributed by atoms with Gasteiger partial charge in [-0.15, -0.1) is 0 Å². The Morgan fingerprint density at radius 1 is 1.07 bits per heavy atom. The normalized spacial score (nSPS) is 13.1. The van der Waals surface area contributed by atoms with E-state index >= 15 is 0 Å². The van der Waals surface area contributed by atoms with E-state index in [2.05, 4.69) is 11.3 Å². The van der Waals surface area contributed by atoms with Crippen molar-refractivity contribution >= 4 is 22.2 Å². The molecule has 13 heteroatoms. The van der Waals surface area contributed by atoms with Crippen molar-refractivity contribution in [2.24, 2.45) is 0 Å². The number of esters is 1. The quantitative estimate of drug-likeness (QED) is 0.413. The lowest BCUT2D eigenvalue weighted by Gasteiger charge is -2.35. The van der Waals surface area contributed by atoms with E-state index in [9.17, 15) is 39.6 Å². The SMILES string of the molecule is C=Cc1ccc(OCC(=O)OC(CS(=O)(=O)O)(C(F)(F)F)C(F)(F)F)cc1. The van der Waals surface area contributed by atoms with Crippen LogP contribution in [0, 0.1) is 0 Å². The summed E-state index contributed by atoms with van der Waals surface area (Å²) in [6, 6.07) is 5.37. The minimum absolute atomic E-state index is 0.0862. The maximum absolute atomic E-state index is 13.0. The lowest BCUT2D eigenvalue weighted by Crippen LogP contribution is -2.63. The van der Waals surface area contributed by atoms with Gasteiger partial charge in [0, 0.05) is 0 Å². The third kappa shape index (κ3) is 5.85. The molecule has 0 atom stereocenters. The second kappa shape index (κ2) is 7.76. The highest BCUT2D eigenvalue weighted by Crippen LogP contribution is 2.46. The molecular weight excluding hydrogens is 410 g/mol. The molecule has 0 unspecified atom stereocenters. The summed E-state index contributed by atoms with van der Waals surface area (Å²) in [5.41, 5.74) is -4.84. The molecule has 0 saturated heterocycles. The second-order valence-corrected chi connectivity index (χ2v) is 6.54. The van der Waals surface area contributed by atoms with Gasteiger partial charge in [0.25, 0.3) is 10.1 Å². The van der Waals surface area contributed by atoms with E-state index in [4.69, 9.17) is 9.29 Å². The molecule has 152 valence electrons. The summed E-state index contributed by atoms with van der Waals surface area (Å²) in [6.07, 6.45) is -11.3. The Morgan fingerprint density at radius 3 is 1.93 bits per heavy atom. The van der Waals surface area contributed by atoms with Gasteiger partial charge in [-0.05, 0) is 17.7 Å². The first-order valence-corrected chi connectivity index (χ1v) is 8.38. The van der Waals surface area contributed by atoms with E-state index in [1.807, 2.05) is 0 Å². The minimum Gasteiger partial charge on any atom is -0.482 e. The molecule has 0 radical (unpaired) electrons. The smallest absolute Gasteiger partial charge is 0.438 e. The van der Waals surface area contributed by atoms with Gasteiger partial charge in [-0.2, -0.15) is 34.8 Å². The third-order valence-corrected chi connectivity index (χ3v) is 3.83. The molecule has 6 nitrogen and oxygen atoms in total. The standard InChI is InChI=1S/C14H12F6O6S/c1-2-9-3-5-10(6-4-9)25-7-11(21)26-12(13(15,16)17,14(18,19)20)8-27(22,23)24/h2-6H,1,7-8H2,(H,22,23,24). The molecule has 0 fully saturated rings. The summed E-state index contributed by atoms with van der Waals surface area (Å²) >= 11 is 0. The highest BCUT2D eigenvalue weighted by Gasteiger charge is 2.75. The minimum atomic E-state index is -6.39. The van der Waals surface area contributed by atoms with Crippen molar-refractivity contribution in [1.82, 2.24) is 0 Å². The molecule has 1 aromatic rings. The Hall–Kier alpha value is -2.28. The summed E-state index contributed by atoms with van der Waals surface area (Å²) in [5, 5.41) is 0. The number of hydrogen-bond donors (Lipinski definition) is 1. The number of alkyl halides is 6. The average molecular weight is 422 g/mol. The maximum atomic E-state index is 13.0. The van der Waals surface area contributed by atoms with E-state index in [1.165, 1.54) is 30.3 Å². The van der Waals surface area contributed by atoms with Crippen LogP contribution in [0.4, 0.5) is 26.3 Å². The molecule has 1 rings (SSSR count). The summed E-state index contributed by atoms with van der Waals surface area (Å²) in [5.74, 6) is -5.19. The lowest BCUT2D eigenvalue weighted by atomic mass is 10.1. The second-order valence-electron chi connectivity index (χ2n) is 5.08. The molecule has 0 bridgehead atoms. The third-order valence-electron chi connectivity index (χ3n) is 3.06. The first-order valence-electron chi connectivity index (χ1n) is 6.77. The molecule has 0 aromatic heterocycles. The molecule has 0 aliphatic heterocycles. The predicted octanol–water partition coefficient (Wildman–Crippen LogP) is 3.00. The first kappa shape index (κ1) is 22.8. The Bertz CT molecular complexity index is 768. The van der Waals surface area contributed by atoms with Crippen LogP contribution in [0.3, 0.4) is 0 Å². The fourth-order valence-electron chi connectivity index (χ4n) is 1.79. The van der Waals surface area contributed by atoms with Gasteiger partial charge in [0.15, 0.2) is 6.61 Å². The number of carbonyl (C=O) groups is 1. The number of hydrogen-bond acceptors (Lipinski definition) is 5. The Labute approximate surface area is 149 Å². The van der Waals surface area contributed by atoms with Crippen molar-refractivity contribution < 1.29 is 53.6 Å². The largest absolute Gasteiger partial charge is 0.482 e. The molecule has 1 aromatic carbocycles. The van der Waals surface area contributed by atoms with Crippen LogP contribution in [-0.4, -0.2) is 49.3 Å². The van der Waals surface area contributed by atoms with Gasteiger partial charge in [-0.25, -0.2) is 4.79 Å². The molecular formula is C14H12F6O6S. The average Bonchev–Trinajstić information content (AvgIpc) is 2.49. The fraction of sp³-hybridized carbons (Fsp3) is 0.357. The van der Waals surface area contributed by atoms with E-state index in [0.29, 0.717) is 5.56 Å². The maximum Gasteiger partial charge on any atom is 0.438 e. The van der Waals surface area contributed by atoms with E-state index < -0.39 is 46.4 Å². The first-order chi connectivity index (χ1) is 12.1. The van der Waals surface area contributed by atoms with Crippen LogP contribution in [-0.2, 0) is 19.6 Å². The molecule has 0 aliphatic rings. The summed E-state index contributed by atoms with van der Waals surface area (Å²) in [7, 11) is -5.84. The monoisotopic (exact) mass is 422 g/mol. The number of halogens is 6. The van der Waals surface area contributed by atoms with Crippen LogP contribution in [0.1, 0.15) is 5.56 Å². The molecule has 0 heterocycles. The topological polar surface area (TPSA) is 89.9 Å². The summed E-state index contributed by atoms with van der Waals surface area (Å²) in [6.45, 7) is 2.07. The summed E-state index contributed by atoms with van der Waals surface area (Å²) in [4.78, 5) is 11.5. The number of rotatable bonds is 7. The van der Waals surface area contributed by atoms with Crippen molar-refractivity contribution in [2.45, 2.75) is 18.0 Å². The Balaban J connectivity index is 3.06. The van der Waals surface area contributed by atoms with Crippen LogP contribution in [0.2, 0.25) is 0 Å². The zero-order chi connectivity index (χ0) is 21.1. The van der Waals surface area contributed by atoms with Gasteiger partial charge in [0.2, 0.25) is 0 Å². The van der Waals surface area contributed by atoms with Gasteiger partial charge in [0.1, 0.15) is 11.5 Å². The van der Waals surface area contributed by atoms with Crippen LogP contribution in [0.25, 0.3) is 6.08 Å². The number of benzene rings is 1. The number of ether oxygens (including phenoxy) is 2. The zero-order valence-electron chi connectivity index (χ0n) is 13.2. The van der Waals surface area contributed by atoms with Gasteiger partial charge in [0.05, 0.1) is 0 Å². The Kier molecular flexibility index (Phi) is 6.54. The van der Waals surface area contributed by atoms with E-state index in [0.717, 1.165) is 0 Å². The van der Waals surface area contributed by atoms with Crippen LogP contribution in [0.15, 0.2) is 30.8 Å². The lowest BCUT2D eigenvalue weighted by molar-refractivity contribution is -0.361. The molecule has 0 aliphatic carbocycles. The van der Waals surface area contributed by atoms with Crippen molar-refractivity contribution in [3.63, 3.8) is 0 Å². The van der Waals surface area contributed by atoms with Crippen molar-refractivity contribution in [3.8, 4) is 5.75 Å². The molecule has 1 N–H and O–H groups in total. The molecule has 0 amide bonds. The van der Waals surface area contributed by atoms with Crippen molar-refractivity contribution in [3.05, 3.63) is 36.4 Å². The summed E-state index contributed by atoms with van der Waals surface area (Å²) < 4.78 is 116. The molecule has 27 heavy (non-hydrogen) atoms. The number of carbonyl (C=O) groups excluding carboxylic acids is 1. The van der Waals surface area contributed by atoms with Gasteiger partial charge in [-0.1, -0.05) is 24.8 Å². The van der Waals surface area contributed by atoms with Gasteiger partial charge >= 0.3 is 23.9 Å². The van der Waals surface area contributed by atoms with Crippen LogP contribution >= 0.6 is 0 Å². The highest BCUT2D eigenvalue weighted by atomic mass is 32.2. The van der Waals surface area contributed by atoms with Gasteiger partial charge < -0.3 is 9.47 Å². The van der Waals surface area contributed by atoms with E-state index in [1.54, 1.807) is 0 Å². The highest BCUT2D eigenvalue weighted by molar-refractivity contribution is 7.85.